The van der Waals surface area contributed by atoms with Gasteiger partial charge in [0.1, 0.15) is 0 Å². The Morgan fingerprint density at radius 1 is 1.29 bits per heavy atom. The summed E-state index contributed by atoms with van der Waals surface area (Å²) in [5, 5.41) is 0. The first-order valence-corrected chi connectivity index (χ1v) is 4.38. The van der Waals surface area contributed by atoms with E-state index < -0.39 is 12.6 Å². The van der Waals surface area contributed by atoms with Gasteiger partial charge >= 0.3 is 6.18 Å². The van der Waals surface area contributed by atoms with Gasteiger partial charge in [0.15, 0.2) is 0 Å². The number of hydrogen-bond donors (Lipinski definition) is 0. The van der Waals surface area contributed by atoms with Gasteiger partial charge in [-0.05, 0) is 13.3 Å². The van der Waals surface area contributed by atoms with E-state index in [2.05, 4.69) is 13.2 Å². The summed E-state index contributed by atoms with van der Waals surface area (Å²) in [4.78, 5) is 0. The molecule has 0 saturated heterocycles. The van der Waals surface area contributed by atoms with Gasteiger partial charge in [0, 0.05) is 0 Å². The highest BCUT2D eigenvalue weighted by Gasteiger charge is 2.24. The van der Waals surface area contributed by atoms with Gasteiger partial charge in [0.25, 0.3) is 0 Å². The first kappa shape index (κ1) is 15.5. The normalized spacial score (nSPS) is 12.5. The maximum atomic E-state index is 11.6. The minimum atomic E-state index is -4.08. The first-order chi connectivity index (χ1) is 6.49. The Labute approximate surface area is 83.8 Å². The van der Waals surface area contributed by atoms with Crippen molar-refractivity contribution in [1.82, 2.24) is 0 Å². The van der Waals surface area contributed by atoms with Gasteiger partial charge in [0.2, 0.25) is 0 Å². The van der Waals surface area contributed by atoms with Crippen LogP contribution in [0, 0.1) is 0 Å². The van der Waals surface area contributed by atoms with Crippen molar-refractivity contribution in [3.8, 4) is 0 Å². The molecule has 0 aliphatic heterocycles. The molecule has 0 saturated carbocycles. The van der Waals surface area contributed by atoms with Crippen molar-refractivity contribution in [2.24, 2.45) is 0 Å². The van der Waals surface area contributed by atoms with Crippen LogP contribution < -0.4 is 0 Å². The molecule has 0 rings (SSSR count). The van der Waals surface area contributed by atoms with E-state index in [-0.39, 0.29) is 0 Å². The summed E-state index contributed by atoms with van der Waals surface area (Å²) >= 11 is 0. The van der Waals surface area contributed by atoms with Gasteiger partial charge in [-0.3, -0.25) is 0 Å². The quantitative estimate of drug-likeness (QED) is 0.465. The van der Waals surface area contributed by atoms with Crippen LogP contribution in [0.2, 0.25) is 0 Å². The number of alkyl halides is 3. The Kier molecular flexibility index (Phi) is 9.51. The molecule has 0 unspecified atom stereocenters. The molecule has 0 aliphatic rings. The van der Waals surface area contributed by atoms with Crippen LogP contribution in [-0.2, 0) is 0 Å². The molecule has 0 fully saturated rings. The van der Waals surface area contributed by atoms with Crippen molar-refractivity contribution in [2.75, 3.05) is 0 Å². The molecule has 3 heteroatoms. The third-order valence-corrected chi connectivity index (χ3v) is 1.46. The summed E-state index contributed by atoms with van der Waals surface area (Å²) in [6.45, 7) is 9.73. The van der Waals surface area contributed by atoms with Crippen molar-refractivity contribution in [3.63, 3.8) is 0 Å². The van der Waals surface area contributed by atoms with Crippen LogP contribution >= 0.6 is 0 Å². The minimum absolute atomic E-state index is 0.769. The van der Waals surface area contributed by atoms with Crippen LogP contribution in [-0.4, -0.2) is 6.18 Å². The van der Waals surface area contributed by atoms with E-state index >= 15 is 0 Å². The van der Waals surface area contributed by atoms with Gasteiger partial charge in [-0.2, -0.15) is 13.2 Å². The number of hydrogen-bond acceptors (Lipinski definition) is 0. The zero-order valence-corrected chi connectivity index (χ0v) is 8.69. The molecule has 0 spiro atoms. The van der Waals surface area contributed by atoms with Gasteiger partial charge in [-0.1, -0.05) is 30.7 Å². The molecule has 14 heavy (non-hydrogen) atoms. The van der Waals surface area contributed by atoms with Crippen molar-refractivity contribution < 1.29 is 13.2 Å². The average molecular weight is 206 g/mol. The number of allylic oxidation sites excluding steroid dienone is 4. The molecule has 0 amide bonds. The lowest BCUT2D eigenvalue weighted by Gasteiger charge is -2.00. The lowest BCUT2D eigenvalue weighted by molar-refractivity contribution is -0.125. The first-order valence-electron chi connectivity index (χ1n) is 4.38. The third kappa shape index (κ3) is 11.0. The molecule has 82 valence electrons. The fraction of sp³-hybridized carbons (Fsp3) is 0.455. The summed E-state index contributed by atoms with van der Waals surface area (Å²) in [5.41, 5.74) is 0.930. The highest BCUT2D eigenvalue weighted by atomic mass is 19.4. The number of rotatable bonds is 3. The Bertz CT molecular complexity index is 187. The molecule has 0 aliphatic carbocycles. The predicted molar refractivity (Wildman–Crippen MR) is 55.1 cm³/mol. The molecule has 0 radical (unpaired) electrons. The summed E-state index contributed by atoms with van der Waals surface area (Å²) in [6.07, 6.45) is 0.331. The Morgan fingerprint density at radius 2 is 1.79 bits per heavy atom. The van der Waals surface area contributed by atoms with E-state index in [1.54, 1.807) is 0 Å². The van der Waals surface area contributed by atoms with Crippen LogP contribution in [0.1, 0.15) is 26.7 Å². The Morgan fingerprint density at radius 3 is 2.07 bits per heavy atom. The molecule has 0 bridgehead atoms. The van der Waals surface area contributed by atoms with Crippen LogP contribution in [0.3, 0.4) is 0 Å². The second kappa shape index (κ2) is 8.60. The maximum Gasteiger partial charge on any atom is 0.392 e. The fourth-order valence-electron chi connectivity index (χ4n) is 0.762. The van der Waals surface area contributed by atoms with E-state index in [0.717, 1.165) is 18.1 Å². The van der Waals surface area contributed by atoms with Gasteiger partial charge < -0.3 is 0 Å². The second-order valence-corrected chi connectivity index (χ2v) is 2.44. The smallest absolute Gasteiger partial charge is 0.171 e. The molecule has 0 aromatic heterocycles. The molecule has 0 heterocycles. The maximum absolute atomic E-state index is 11.6. The third-order valence-electron chi connectivity index (χ3n) is 1.46. The summed E-state index contributed by atoms with van der Waals surface area (Å²) in [7, 11) is 0. The Balaban J connectivity index is 0. The van der Waals surface area contributed by atoms with Crippen LogP contribution in [0.5, 0.6) is 0 Å². The van der Waals surface area contributed by atoms with E-state index in [4.69, 9.17) is 0 Å². The largest absolute Gasteiger partial charge is 0.392 e. The molecule has 0 aromatic rings. The predicted octanol–water partition coefficient (Wildman–Crippen LogP) is 4.65. The van der Waals surface area contributed by atoms with Gasteiger partial charge in [-0.25, -0.2) is 0 Å². The molecular weight excluding hydrogens is 189 g/mol. The zero-order valence-electron chi connectivity index (χ0n) is 8.69. The molecular formula is C11H17F3. The molecule has 0 nitrogen and oxygen atoms in total. The van der Waals surface area contributed by atoms with Crippen molar-refractivity contribution in [3.05, 3.63) is 37.0 Å². The lowest BCUT2D eigenvalue weighted by atomic mass is 10.2. The fourth-order valence-corrected chi connectivity index (χ4v) is 0.762. The van der Waals surface area contributed by atoms with Crippen LogP contribution in [0.4, 0.5) is 13.2 Å². The molecule has 0 atom stereocenters. The van der Waals surface area contributed by atoms with Crippen LogP contribution in [0.25, 0.3) is 0 Å². The summed E-state index contributed by atoms with van der Waals surface area (Å²) < 4.78 is 34.9. The topological polar surface area (TPSA) is 0 Å². The summed E-state index contributed by atoms with van der Waals surface area (Å²) in [6, 6.07) is 0. The molecule has 0 N–H and O–H groups in total. The van der Waals surface area contributed by atoms with Crippen LogP contribution in [0.15, 0.2) is 37.0 Å². The van der Waals surface area contributed by atoms with E-state index in [1.807, 2.05) is 19.9 Å². The van der Waals surface area contributed by atoms with Gasteiger partial charge in [0.05, 0.1) is 6.42 Å². The minimum Gasteiger partial charge on any atom is -0.171 e. The van der Waals surface area contributed by atoms with E-state index in [1.165, 1.54) is 6.08 Å². The summed E-state index contributed by atoms with van der Waals surface area (Å²) in [5.74, 6) is 0. The number of halogens is 3. The van der Waals surface area contributed by atoms with Crippen molar-refractivity contribution in [1.29, 1.82) is 0 Å². The van der Waals surface area contributed by atoms with Crippen molar-refractivity contribution >= 4 is 0 Å². The van der Waals surface area contributed by atoms with Crippen molar-refractivity contribution in [2.45, 2.75) is 32.9 Å². The Hall–Kier alpha value is -0.990. The highest BCUT2D eigenvalue weighted by Crippen LogP contribution is 2.20. The van der Waals surface area contributed by atoms with E-state index in [9.17, 15) is 13.2 Å². The zero-order chi connectivity index (χ0) is 11.6. The standard InChI is InChI=1S/C9H13F3.C2H4/c1-3-8(4-2)6-5-7-9(10,11)12;1-2/h3,5-6H,4,7H2,1-2H3;1-2H2/b6-5-,8-3-;. The van der Waals surface area contributed by atoms with Gasteiger partial charge in [-0.15, -0.1) is 13.2 Å². The lowest BCUT2D eigenvalue weighted by Crippen LogP contribution is -2.04. The second-order valence-electron chi connectivity index (χ2n) is 2.44. The molecule has 0 aromatic carbocycles. The average Bonchev–Trinajstić information content (AvgIpc) is 2.14. The SMILES string of the molecule is C/C=C(\C=C/CC(F)(F)F)CC.C=C. The highest BCUT2D eigenvalue weighted by molar-refractivity contribution is 5.17. The van der Waals surface area contributed by atoms with E-state index in [0.29, 0.717) is 0 Å². The monoisotopic (exact) mass is 206 g/mol.